The molecule has 2 aromatic rings. The summed E-state index contributed by atoms with van der Waals surface area (Å²) in [6, 6.07) is 12.8. The second kappa shape index (κ2) is 5.86. The highest BCUT2D eigenvalue weighted by molar-refractivity contribution is 9.10. The Morgan fingerprint density at radius 2 is 1.89 bits per heavy atom. The zero-order valence-electron chi connectivity index (χ0n) is 10.4. The first-order valence-corrected chi connectivity index (χ1v) is 6.54. The molecule has 2 aromatic carbocycles. The molecule has 0 heterocycles. The van der Waals surface area contributed by atoms with Crippen molar-refractivity contribution in [3.63, 3.8) is 0 Å². The number of nitrogens with two attached hydrogens (primary N) is 1. The van der Waals surface area contributed by atoms with Crippen LogP contribution < -0.4 is 16.6 Å². The Bertz CT molecular complexity index is 613. The Kier molecular flexibility index (Phi) is 4.19. The lowest BCUT2D eigenvalue weighted by Gasteiger charge is -2.11. The molecule has 0 atom stereocenters. The molecule has 0 unspecified atom stereocenters. The molecule has 0 saturated carbocycles. The van der Waals surface area contributed by atoms with Crippen LogP contribution in [0, 0.1) is 6.92 Å². The van der Waals surface area contributed by atoms with Crippen molar-refractivity contribution < 1.29 is 4.79 Å². The number of carbonyl (C=O) groups is 1. The Morgan fingerprint density at radius 1 is 1.16 bits per heavy atom. The van der Waals surface area contributed by atoms with Crippen molar-refractivity contribution >= 4 is 33.2 Å². The number of nitrogens with one attached hydrogen (secondary N) is 2. The van der Waals surface area contributed by atoms with Gasteiger partial charge in [-0.2, -0.15) is 0 Å². The van der Waals surface area contributed by atoms with Crippen molar-refractivity contribution in [3.05, 3.63) is 58.1 Å². The molecule has 0 radical (unpaired) electrons. The number of anilines is 2. The molecule has 98 valence electrons. The van der Waals surface area contributed by atoms with E-state index in [4.69, 9.17) is 5.84 Å². The molecule has 0 aromatic heterocycles. The molecule has 1 amide bonds. The van der Waals surface area contributed by atoms with Crippen molar-refractivity contribution in [1.29, 1.82) is 0 Å². The molecule has 4 N–H and O–H groups in total. The van der Waals surface area contributed by atoms with Crippen LogP contribution in [0.4, 0.5) is 11.4 Å². The summed E-state index contributed by atoms with van der Waals surface area (Å²) < 4.78 is 0.979. The van der Waals surface area contributed by atoms with Crippen molar-refractivity contribution in [3.8, 4) is 0 Å². The smallest absolute Gasteiger partial charge is 0.257 e. The number of hydrazine groups is 1. The molecule has 0 aliphatic heterocycles. The van der Waals surface area contributed by atoms with Gasteiger partial charge in [0.05, 0.1) is 11.3 Å². The van der Waals surface area contributed by atoms with E-state index < -0.39 is 0 Å². The maximum atomic E-state index is 12.2. The highest BCUT2D eigenvalue weighted by Crippen LogP contribution is 2.22. The third-order valence-electron chi connectivity index (χ3n) is 2.76. The monoisotopic (exact) mass is 319 g/mol. The molecule has 0 saturated heterocycles. The van der Waals surface area contributed by atoms with Gasteiger partial charge in [-0.05, 0) is 42.8 Å². The number of benzene rings is 2. The zero-order valence-corrected chi connectivity index (χ0v) is 12.0. The predicted molar refractivity (Wildman–Crippen MR) is 81.1 cm³/mol. The van der Waals surface area contributed by atoms with E-state index in [1.54, 1.807) is 18.2 Å². The number of carbonyl (C=O) groups excluding carboxylic acids is 1. The van der Waals surface area contributed by atoms with Crippen LogP contribution in [0.25, 0.3) is 0 Å². The molecular formula is C14H14BrN3O. The molecular weight excluding hydrogens is 306 g/mol. The number of para-hydroxylation sites is 1. The zero-order chi connectivity index (χ0) is 13.8. The van der Waals surface area contributed by atoms with E-state index in [2.05, 4.69) is 26.7 Å². The van der Waals surface area contributed by atoms with Gasteiger partial charge in [0.25, 0.3) is 5.91 Å². The van der Waals surface area contributed by atoms with Crippen LogP contribution in [0.3, 0.4) is 0 Å². The van der Waals surface area contributed by atoms with Crippen LogP contribution in [0.15, 0.2) is 46.9 Å². The minimum atomic E-state index is -0.195. The number of hydrogen-bond donors (Lipinski definition) is 3. The lowest BCUT2D eigenvalue weighted by Crippen LogP contribution is -2.17. The number of nitrogen functional groups attached to an aromatic ring is 1. The van der Waals surface area contributed by atoms with Gasteiger partial charge >= 0.3 is 0 Å². The molecule has 2 rings (SSSR count). The largest absolute Gasteiger partial charge is 0.323 e. The van der Waals surface area contributed by atoms with E-state index in [0.717, 1.165) is 15.7 Å². The maximum Gasteiger partial charge on any atom is 0.257 e. The Labute approximate surface area is 120 Å². The summed E-state index contributed by atoms with van der Waals surface area (Å²) in [6.07, 6.45) is 0. The van der Waals surface area contributed by atoms with Crippen LogP contribution in [0.5, 0.6) is 0 Å². The van der Waals surface area contributed by atoms with Crippen LogP contribution in [-0.2, 0) is 0 Å². The fraction of sp³-hybridized carbons (Fsp3) is 0.0714. The van der Waals surface area contributed by atoms with Crippen molar-refractivity contribution in [1.82, 2.24) is 0 Å². The van der Waals surface area contributed by atoms with Gasteiger partial charge in [0.2, 0.25) is 0 Å². The van der Waals surface area contributed by atoms with Gasteiger partial charge in [-0.15, -0.1) is 0 Å². The van der Waals surface area contributed by atoms with Gasteiger partial charge in [-0.1, -0.05) is 28.1 Å². The van der Waals surface area contributed by atoms with Gasteiger partial charge in [-0.25, -0.2) is 0 Å². The van der Waals surface area contributed by atoms with Gasteiger partial charge in [-0.3, -0.25) is 10.6 Å². The first-order chi connectivity index (χ1) is 9.11. The van der Waals surface area contributed by atoms with Crippen molar-refractivity contribution in [2.75, 3.05) is 10.7 Å². The quantitative estimate of drug-likeness (QED) is 0.600. The summed E-state index contributed by atoms with van der Waals surface area (Å²) in [7, 11) is 0. The first-order valence-electron chi connectivity index (χ1n) is 5.75. The molecule has 4 nitrogen and oxygen atoms in total. The molecule has 0 aliphatic rings. The third-order valence-corrected chi connectivity index (χ3v) is 3.26. The van der Waals surface area contributed by atoms with Gasteiger partial charge in [0.15, 0.2) is 0 Å². The average Bonchev–Trinajstić information content (AvgIpc) is 2.41. The molecule has 0 spiro atoms. The summed E-state index contributed by atoms with van der Waals surface area (Å²) >= 11 is 3.39. The van der Waals surface area contributed by atoms with Crippen molar-refractivity contribution in [2.24, 2.45) is 5.84 Å². The molecule has 5 heteroatoms. The first kappa shape index (κ1) is 13.6. The van der Waals surface area contributed by atoms with E-state index >= 15 is 0 Å². The summed E-state index contributed by atoms with van der Waals surface area (Å²) in [4.78, 5) is 12.2. The van der Waals surface area contributed by atoms with Gasteiger partial charge in [0, 0.05) is 10.2 Å². The molecule has 0 aliphatic carbocycles. The van der Waals surface area contributed by atoms with Crippen LogP contribution >= 0.6 is 15.9 Å². The van der Waals surface area contributed by atoms with Gasteiger partial charge in [0.1, 0.15) is 0 Å². The van der Waals surface area contributed by atoms with E-state index in [0.29, 0.717) is 11.3 Å². The Hall–Kier alpha value is -1.85. The number of aryl methyl sites for hydroxylation is 1. The van der Waals surface area contributed by atoms with Crippen LogP contribution in [0.1, 0.15) is 15.9 Å². The number of halogens is 1. The van der Waals surface area contributed by atoms with E-state index in [9.17, 15) is 4.79 Å². The number of hydrogen-bond acceptors (Lipinski definition) is 3. The molecule has 0 bridgehead atoms. The lowest BCUT2D eigenvalue weighted by molar-refractivity contribution is 0.102. The summed E-state index contributed by atoms with van der Waals surface area (Å²) in [6.45, 7) is 1.94. The SMILES string of the molecule is Cc1cc(Br)ccc1NC(=O)c1ccccc1NN. The minimum Gasteiger partial charge on any atom is -0.323 e. The maximum absolute atomic E-state index is 12.2. The van der Waals surface area contributed by atoms with E-state index in [-0.39, 0.29) is 5.91 Å². The number of amides is 1. The normalized spacial score (nSPS) is 10.1. The van der Waals surface area contributed by atoms with Gasteiger partial charge < -0.3 is 10.7 Å². The lowest BCUT2D eigenvalue weighted by atomic mass is 10.1. The topological polar surface area (TPSA) is 67.2 Å². The second-order valence-electron chi connectivity index (χ2n) is 4.10. The molecule has 0 fully saturated rings. The fourth-order valence-corrected chi connectivity index (χ4v) is 2.24. The summed E-state index contributed by atoms with van der Waals surface area (Å²) in [5.41, 5.74) is 5.38. The van der Waals surface area contributed by atoms with Crippen molar-refractivity contribution in [2.45, 2.75) is 6.92 Å². The fourth-order valence-electron chi connectivity index (χ4n) is 1.76. The van der Waals surface area contributed by atoms with E-state index in [1.807, 2.05) is 31.2 Å². The van der Waals surface area contributed by atoms with Crippen LogP contribution in [-0.4, -0.2) is 5.91 Å². The highest BCUT2D eigenvalue weighted by atomic mass is 79.9. The molecule has 19 heavy (non-hydrogen) atoms. The summed E-state index contributed by atoms with van der Waals surface area (Å²) in [5, 5.41) is 2.87. The standard InChI is InChI=1S/C14H14BrN3O/c1-9-8-10(15)6-7-12(9)17-14(19)11-4-2-3-5-13(11)18-16/h2-8,18H,16H2,1H3,(H,17,19). The van der Waals surface area contributed by atoms with Crippen LogP contribution in [0.2, 0.25) is 0 Å². The highest BCUT2D eigenvalue weighted by Gasteiger charge is 2.11. The average molecular weight is 320 g/mol. The number of rotatable bonds is 3. The predicted octanol–water partition coefficient (Wildman–Crippen LogP) is 3.30. The second-order valence-corrected chi connectivity index (χ2v) is 5.02. The van der Waals surface area contributed by atoms with E-state index in [1.165, 1.54) is 0 Å². The minimum absolute atomic E-state index is 0.195. The summed E-state index contributed by atoms with van der Waals surface area (Å²) in [5.74, 6) is 5.20. The third kappa shape index (κ3) is 3.13. The Balaban J connectivity index is 2.26. The Morgan fingerprint density at radius 3 is 2.58 bits per heavy atom.